The second-order valence-corrected chi connectivity index (χ2v) is 4.77. The molecule has 17 heavy (non-hydrogen) atoms. The van der Waals surface area contributed by atoms with Crippen LogP contribution in [0, 0.1) is 0 Å². The minimum atomic E-state index is -0.139. The molecule has 0 bridgehead atoms. The quantitative estimate of drug-likeness (QED) is 0.839. The third kappa shape index (κ3) is 2.31. The zero-order chi connectivity index (χ0) is 12.3. The van der Waals surface area contributed by atoms with E-state index < -0.39 is 0 Å². The van der Waals surface area contributed by atoms with Gasteiger partial charge in [0, 0.05) is 43.9 Å². The summed E-state index contributed by atoms with van der Waals surface area (Å²) in [4.78, 5) is 18.2. The van der Waals surface area contributed by atoms with Crippen LogP contribution in [0.1, 0.15) is 18.5 Å². The van der Waals surface area contributed by atoms with E-state index in [2.05, 4.69) is 10.3 Å². The minimum Gasteiger partial charge on any atom is -0.346 e. The van der Waals surface area contributed by atoms with Crippen molar-refractivity contribution in [1.82, 2.24) is 15.2 Å². The molecule has 1 aromatic rings. The van der Waals surface area contributed by atoms with Crippen molar-refractivity contribution in [1.29, 1.82) is 0 Å². The van der Waals surface area contributed by atoms with E-state index >= 15 is 0 Å². The Hall–Kier alpha value is -1.42. The van der Waals surface area contributed by atoms with Crippen LogP contribution < -0.4 is 5.32 Å². The number of nitrogens with zero attached hydrogens (tertiary/aromatic N) is 2. The highest BCUT2D eigenvalue weighted by Gasteiger charge is 2.39. The van der Waals surface area contributed by atoms with Gasteiger partial charge in [-0.2, -0.15) is 0 Å². The molecule has 1 aliphatic rings. The number of aromatic nitrogens is 1. The van der Waals surface area contributed by atoms with Crippen molar-refractivity contribution in [2.45, 2.75) is 18.3 Å². The number of amides is 1. The maximum absolute atomic E-state index is 11.9. The lowest BCUT2D eigenvalue weighted by Crippen LogP contribution is -2.49. The van der Waals surface area contributed by atoms with Gasteiger partial charge in [-0.1, -0.05) is 6.07 Å². The Kier molecular flexibility index (Phi) is 3.43. The molecule has 4 heteroatoms. The number of carbonyl (C=O) groups excluding carboxylic acids is 1. The van der Waals surface area contributed by atoms with E-state index in [0.29, 0.717) is 6.42 Å². The van der Waals surface area contributed by atoms with E-state index in [4.69, 9.17) is 0 Å². The molecule has 0 spiro atoms. The second kappa shape index (κ2) is 4.84. The molecular weight excluding hydrogens is 214 g/mol. The lowest BCUT2D eigenvalue weighted by Gasteiger charge is -2.39. The highest BCUT2D eigenvalue weighted by molar-refractivity contribution is 5.78. The maximum Gasteiger partial charge on any atom is 0.223 e. The summed E-state index contributed by atoms with van der Waals surface area (Å²) in [6.07, 6.45) is 3.31. The van der Waals surface area contributed by atoms with Gasteiger partial charge >= 0.3 is 0 Å². The van der Waals surface area contributed by atoms with Crippen molar-refractivity contribution >= 4 is 5.91 Å². The second-order valence-electron chi connectivity index (χ2n) is 4.77. The maximum atomic E-state index is 11.9. The van der Waals surface area contributed by atoms with E-state index in [1.165, 1.54) is 0 Å². The molecular formula is C13H19N3O. The Balaban J connectivity index is 2.30. The van der Waals surface area contributed by atoms with Gasteiger partial charge in [0.25, 0.3) is 0 Å². The highest BCUT2D eigenvalue weighted by atomic mass is 16.2. The zero-order valence-corrected chi connectivity index (χ0v) is 10.4. The highest BCUT2D eigenvalue weighted by Crippen LogP contribution is 2.33. The first-order valence-corrected chi connectivity index (χ1v) is 5.98. The summed E-state index contributed by atoms with van der Waals surface area (Å²) in [7, 11) is 3.79. The number of nitrogens with one attached hydrogen (secondary N) is 1. The van der Waals surface area contributed by atoms with E-state index in [0.717, 1.165) is 25.2 Å². The number of hydrogen-bond donors (Lipinski definition) is 1. The van der Waals surface area contributed by atoms with Gasteiger partial charge in [-0.15, -0.1) is 0 Å². The van der Waals surface area contributed by atoms with Crippen LogP contribution in [0.2, 0.25) is 0 Å². The SMILES string of the molecule is CNCC1(c2ccccn2)CCN(C)C(=O)C1. The molecule has 1 amide bonds. The van der Waals surface area contributed by atoms with Crippen LogP contribution in [0.25, 0.3) is 0 Å². The standard InChI is InChI=1S/C13H19N3O/c1-14-10-13(11-5-3-4-7-15-11)6-8-16(2)12(17)9-13/h3-5,7,14H,6,8-10H2,1-2H3. The van der Waals surface area contributed by atoms with Crippen LogP contribution >= 0.6 is 0 Å². The largest absolute Gasteiger partial charge is 0.346 e. The first-order valence-electron chi connectivity index (χ1n) is 5.98. The molecule has 1 aliphatic heterocycles. The van der Waals surface area contributed by atoms with Crippen LogP contribution in [0.15, 0.2) is 24.4 Å². The third-order valence-electron chi connectivity index (χ3n) is 3.56. The van der Waals surface area contributed by atoms with Crippen LogP contribution in [-0.2, 0) is 10.2 Å². The van der Waals surface area contributed by atoms with E-state index in [1.807, 2.05) is 32.3 Å². The molecule has 1 unspecified atom stereocenters. The van der Waals surface area contributed by atoms with Gasteiger partial charge in [-0.3, -0.25) is 9.78 Å². The topological polar surface area (TPSA) is 45.2 Å². The van der Waals surface area contributed by atoms with Crippen molar-refractivity contribution in [3.05, 3.63) is 30.1 Å². The Morgan fingerprint density at radius 3 is 2.94 bits per heavy atom. The number of pyridine rings is 1. The van der Waals surface area contributed by atoms with Gasteiger partial charge in [0.2, 0.25) is 5.91 Å². The van der Waals surface area contributed by atoms with Crippen LogP contribution in [0.5, 0.6) is 0 Å². The fourth-order valence-corrected chi connectivity index (χ4v) is 2.49. The number of piperidine rings is 1. The van der Waals surface area contributed by atoms with Crippen LogP contribution in [-0.4, -0.2) is 43.0 Å². The Labute approximate surface area is 102 Å². The molecule has 1 N–H and O–H groups in total. The monoisotopic (exact) mass is 233 g/mol. The predicted octanol–water partition coefficient (Wildman–Crippen LogP) is 0.791. The van der Waals surface area contributed by atoms with E-state index in [1.54, 1.807) is 11.1 Å². The summed E-state index contributed by atoms with van der Waals surface area (Å²) in [6.45, 7) is 1.60. The lowest BCUT2D eigenvalue weighted by atomic mass is 9.75. The molecule has 0 saturated carbocycles. The molecule has 0 aliphatic carbocycles. The Bertz CT molecular complexity index is 393. The average molecular weight is 233 g/mol. The predicted molar refractivity (Wildman–Crippen MR) is 66.7 cm³/mol. The molecule has 0 radical (unpaired) electrons. The van der Waals surface area contributed by atoms with Gasteiger partial charge < -0.3 is 10.2 Å². The van der Waals surface area contributed by atoms with Crippen LogP contribution in [0.3, 0.4) is 0 Å². The Morgan fingerprint density at radius 1 is 1.53 bits per heavy atom. The molecule has 2 rings (SSSR count). The molecule has 1 saturated heterocycles. The van der Waals surface area contributed by atoms with Gasteiger partial charge in [-0.25, -0.2) is 0 Å². The molecule has 1 fully saturated rings. The van der Waals surface area contributed by atoms with Crippen LogP contribution in [0.4, 0.5) is 0 Å². The first-order chi connectivity index (χ1) is 8.18. The van der Waals surface area contributed by atoms with Crippen molar-refractivity contribution in [3.63, 3.8) is 0 Å². The molecule has 1 aromatic heterocycles. The molecule has 92 valence electrons. The number of likely N-dealkylation sites (tertiary alicyclic amines) is 1. The Morgan fingerprint density at radius 2 is 2.35 bits per heavy atom. The van der Waals surface area contributed by atoms with Crippen molar-refractivity contribution in [2.24, 2.45) is 0 Å². The lowest BCUT2D eigenvalue weighted by molar-refractivity contribution is -0.134. The summed E-state index contributed by atoms with van der Waals surface area (Å²) in [5.41, 5.74) is 0.885. The molecule has 4 nitrogen and oxygen atoms in total. The number of hydrogen-bond acceptors (Lipinski definition) is 3. The zero-order valence-electron chi connectivity index (χ0n) is 10.4. The molecule has 0 aromatic carbocycles. The molecule has 2 heterocycles. The minimum absolute atomic E-state index is 0.139. The van der Waals surface area contributed by atoms with Crippen molar-refractivity contribution < 1.29 is 4.79 Å². The van der Waals surface area contributed by atoms with Crippen molar-refractivity contribution in [3.8, 4) is 0 Å². The molecule has 1 atom stereocenters. The number of rotatable bonds is 3. The normalized spacial score (nSPS) is 25.1. The summed E-state index contributed by atoms with van der Waals surface area (Å²) >= 11 is 0. The van der Waals surface area contributed by atoms with Gasteiger partial charge in [0.1, 0.15) is 0 Å². The van der Waals surface area contributed by atoms with Gasteiger partial charge in [-0.05, 0) is 25.6 Å². The van der Waals surface area contributed by atoms with E-state index in [9.17, 15) is 4.79 Å². The summed E-state index contributed by atoms with van der Waals surface area (Å²) in [6, 6.07) is 5.92. The van der Waals surface area contributed by atoms with Gasteiger partial charge in [0.05, 0.1) is 0 Å². The first kappa shape index (κ1) is 12.0. The van der Waals surface area contributed by atoms with Crippen molar-refractivity contribution in [2.75, 3.05) is 27.2 Å². The average Bonchev–Trinajstić information content (AvgIpc) is 2.35. The van der Waals surface area contributed by atoms with E-state index in [-0.39, 0.29) is 11.3 Å². The fraction of sp³-hybridized carbons (Fsp3) is 0.538. The summed E-state index contributed by atoms with van der Waals surface area (Å²) < 4.78 is 0. The van der Waals surface area contributed by atoms with Gasteiger partial charge in [0.15, 0.2) is 0 Å². The number of likely N-dealkylation sites (N-methyl/N-ethyl adjacent to an activating group) is 1. The summed E-state index contributed by atoms with van der Waals surface area (Å²) in [5, 5.41) is 3.20. The number of carbonyl (C=O) groups is 1. The summed E-state index contributed by atoms with van der Waals surface area (Å²) in [5.74, 6) is 0.206. The fourth-order valence-electron chi connectivity index (χ4n) is 2.49. The smallest absolute Gasteiger partial charge is 0.223 e. The third-order valence-corrected chi connectivity index (χ3v) is 3.56.